The van der Waals surface area contributed by atoms with Crippen molar-refractivity contribution in [3.8, 4) is 5.75 Å². The van der Waals surface area contributed by atoms with Gasteiger partial charge >= 0.3 is 5.69 Å². The Morgan fingerprint density at radius 3 is 2.91 bits per heavy atom. The van der Waals surface area contributed by atoms with Gasteiger partial charge in [-0.05, 0) is 13.8 Å². The summed E-state index contributed by atoms with van der Waals surface area (Å²) in [5.41, 5.74) is 0.848. The normalized spacial score (nSPS) is 13.5. The van der Waals surface area contributed by atoms with Crippen LogP contribution in [0.15, 0.2) is 6.20 Å². The maximum absolute atomic E-state index is 11.5. The lowest BCUT2D eigenvalue weighted by atomic mass is 10.3. The number of aromatic nitrogens is 2. The van der Waals surface area contributed by atoms with Gasteiger partial charge in [0.15, 0.2) is 10.3 Å². The van der Waals surface area contributed by atoms with Crippen LogP contribution in [-0.2, 0) is 13.1 Å². The fourth-order valence-corrected chi connectivity index (χ4v) is 3.78. The van der Waals surface area contributed by atoms with Crippen molar-refractivity contribution in [3.63, 3.8) is 0 Å². The lowest BCUT2D eigenvalue weighted by molar-refractivity contribution is -0.385. The van der Waals surface area contributed by atoms with Gasteiger partial charge in [0.05, 0.1) is 23.8 Å². The number of nitro groups is 1. The van der Waals surface area contributed by atoms with Crippen LogP contribution in [0.3, 0.4) is 0 Å². The molecule has 1 aliphatic heterocycles. The number of halogens is 1. The summed E-state index contributed by atoms with van der Waals surface area (Å²) >= 11 is 7.24. The molecule has 1 aliphatic rings. The first-order valence-electron chi connectivity index (χ1n) is 6.88. The van der Waals surface area contributed by atoms with Crippen molar-refractivity contribution in [2.75, 3.05) is 18.1 Å². The first kappa shape index (κ1) is 15.1. The minimum absolute atomic E-state index is 0.0486. The number of thiazole rings is 1. The number of nitrogens with zero attached hydrogens (tertiary/aromatic N) is 4. The predicted octanol–water partition coefficient (Wildman–Crippen LogP) is 3.23. The largest absolute Gasteiger partial charge is 0.486 e. The molecule has 3 rings (SSSR count). The Kier molecular flexibility index (Phi) is 3.96. The van der Waals surface area contributed by atoms with Gasteiger partial charge in [-0.2, -0.15) is 0 Å². The van der Waals surface area contributed by atoms with Gasteiger partial charge in [-0.15, -0.1) is 11.3 Å². The summed E-state index contributed by atoms with van der Waals surface area (Å²) in [5, 5.41) is 11.5. The van der Waals surface area contributed by atoms with E-state index in [2.05, 4.69) is 4.98 Å². The quantitative estimate of drug-likeness (QED) is 0.616. The molecule has 9 heteroatoms. The highest BCUT2D eigenvalue weighted by Crippen LogP contribution is 2.46. The van der Waals surface area contributed by atoms with E-state index < -0.39 is 0 Å². The highest BCUT2D eigenvalue weighted by atomic mass is 35.5. The van der Waals surface area contributed by atoms with Crippen LogP contribution in [0, 0.1) is 17.0 Å². The van der Waals surface area contributed by atoms with Gasteiger partial charge in [0.2, 0.25) is 5.75 Å². The van der Waals surface area contributed by atoms with Crippen molar-refractivity contribution in [3.05, 3.63) is 31.3 Å². The Hall–Kier alpha value is -1.80. The third-order valence-corrected chi connectivity index (χ3v) is 4.75. The van der Waals surface area contributed by atoms with Crippen LogP contribution in [0.25, 0.3) is 0 Å². The molecule has 0 saturated carbocycles. The molecule has 0 aromatic carbocycles. The number of anilines is 1. The molecule has 0 fully saturated rings. The summed E-state index contributed by atoms with van der Waals surface area (Å²) in [7, 11) is 0. The van der Waals surface area contributed by atoms with Crippen LogP contribution in [0.4, 0.5) is 11.5 Å². The summed E-state index contributed by atoms with van der Waals surface area (Å²) in [5.74, 6) is 0.977. The maximum Gasteiger partial charge on any atom is 0.353 e. The summed E-state index contributed by atoms with van der Waals surface area (Å²) in [4.78, 5) is 18.1. The number of hydrogen-bond donors (Lipinski definition) is 0. The van der Waals surface area contributed by atoms with Gasteiger partial charge in [-0.3, -0.25) is 10.1 Å². The molecule has 0 saturated heterocycles. The second kappa shape index (κ2) is 5.77. The maximum atomic E-state index is 11.5. The van der Waals surface area contributed by atoms with E-state index in [1.165, 1.54) is 11.3 Å². The van der Waals surface area contributed by atoms with Crippen molar-refractivity contribution in [2.24, 2.45) is 0 Å². The molecule has 7 nitrogen and oxygen atoms in total. The van der Waals surface area contributed by atoms with E-state index in [-0.39, 0.29) is 10.6 Å². The molecular weight excluding hydrogens is 328 g/mol. The molecule has 2 aromatic heterocycles. The van der Waals surface area contributed by atoms with Crippen molar-refractivity contribution < 1.29 is 9.66 Å². The van der Waals surface area contributed by atoms with Crippen molar-refractivity contribution in [2.45, 2.75) is 26.9 Å². The third-order valence-electron chi connectivity index (χ3n) is 3.65. The Morgan fingerprint density at radius 1 is 1.55 bits per heavy atom. The van der Waals surface area contributed by atoms with Gasteiger partial charge in [0, 0.05) is 24.2 Å². The molecule has 0 amide bonds. The molecule has 0 aliphatic carbocycles. The van der Waals surface area contributed by atoms with Crippen LogP contribution in [0.5, 0.6) is 5.75 Å². The van der Waals surface area contributed by atoms with Gasteiger partial charge in [-0.1, -0.05) is 11.6 Å². The van der Waals surface area contributed by atoms with E-state index in [1.54, 1.807) is 6.20 Å². The second-order valence-corrected chi connectivity index (χ2v) is 6.63. The monoisotopic (exact) mass is 342 g/mol. The molecule has 0 N–H and O–H groups in total. The summed E-state index contributed by atoms with van der Waals surface area (Å²) in [6.45, 7) is 6.06. The molecule has 0 spiro atoms. The minimum atomic E-state index is -0.359. The fourth-order valence-electron chi connectivity index (χ4n) is 2.78. The third kappa shape index (κ3) is 2.42. The summed E-state index contributed by atoms with van der Waals surface area (Å²) in [6.07, 6.45) is 1.71. The van der Waals surface area contributed by atoms with E-state index >= 15 is 0 Å². The van der Waals surface area contributed by atoms with Crippen molar-refractivity contribution in [1.29, 1.82) is 0 Å². The first-order valence-corrected chi connectivity index (χ1v) is 8.07. The molecule has 0 radical (unpaired) electrons. The Labute approximate surface area is 136 Å². The van der Waals surface area contributed by atoms with Gasteiger partial charge in [0.1, 0.15) is 0 Å². The highest BCUT2D eigenvalue weighted by molar-refractivity contribution is 7.15. The lowest BCUT2D eigenvalue weighted by Crippen LogP contribution is -2.20. The number of ether oxygens (including phenoxy) is 1. The van der Waals surface area contributed by atoms with Gasteiger partial charge in [-0.25, -0.2) is 4.98 Å². The van der Waals surface area contributed by atoms with Crippen LogP contribution in [0.2, 0.25) is 4.47 Å². The van der Waals surface area contributed by atoms with Crippen LogP contribution in [-0.4, -0.2) is 27.6 Å². The average molecular weight is 343 g/mol. The topological polar surface area (TPSA) is 73.4 Å². The molecule has 118 valence electrons. The number of rotatable bonds is 5. The molecule has 2 aromatic rings. The standard InChI is InChI=1S/C13H15ClN4O3S/c1-3-21-11-8(2)17-5-4-16(12(17)10(11)18(19)20)7-9-6-15-13(14)22-9/h6H,3-5,7H2,1-2H3. The van der Waals surface area contributed by atoms with Crippen LogP contribution < -0.4 is 9.64 Å². The molecule has 0 unspecified atom stereocenters. The zero-order chi connectivity index (χ0) is 15.9. The van der Waals surface area contributed by atoms with E-state index in [0.29, 0.717) is 35.7 Å². The lowest BCUT2D eigenvalue weighted by Gasteiger charge is -2.15. The Morgan fingerprint density at radius 2 is 2.32 bits per heavy atom. The van der Waals surface area contributed by atoms with Gasteiger partial charge < -0.3 is 14.2 Å². The fraction of sp³-hybridized carbons (Fsp3) is 0.462. The summed E-state index contributed by atoms with van der Waals surface area (Å²) < 4.78 is 7.94. The number of fused-ring (bicyclic) bond motifs is 1. The number of hydrogen-bond acceptors (Lipinski definition) is 6. The van der Waals surface area contributed by atoms with E-state index in [0.717, 1.165) is 17.1 Å². The smallest absolute Gasteiger partial charge is 0.353 e. The zero-order valence-electron chi connectivity index (χ0n) is 12.2. The van der Waals surface area contributed by atoms with Crippen LogP contribution >= 0.6 is 22.9 Å². The predicted molar refractivity (Wildman–Crippen MR) is 85.2 cm³/mol. The second-order valence-electron chi connectivity index (χ2n) is 4.93. The Balaban J connectivity index is 2.01. The van der Waals surface area contributed by atoms with E-state index in [9.17, 15) is 10.1 Å². The Bertz CT molecular complexity index is 727. The van der Waals surface area contributed by atoms with E-state index in [1.807, 2.05) is 23.3 Å². The highest BCUT2D eigenvalue weighted by Gasteiger charge is 2.37. The van der Waals surface area contributed by atoms with Crippen molar-refractivity contribution in [1.82, 2.24) is 9.55 Å². The average Bonchev–Trinajstić information content (AvgIpc) is 3.11. The van der Waals surface area contributed by atoms with Crippen molar-refractivity contribution >= 4 is 34.4 Å². The minimum Gasteiger partial charge on any atom is -0.486 e. The zero-order valence-corrected chi connectivity index (χ0v) is 13.8. The molecule has 22 heavy (non-hydrogen) atoms. The van der Waals surface area contributed by atoms with Gasteiger partial charge in [0.25, 0.3) is 0 Å². The SMILES string of the molecule is CCOc1c([N+](=O)[O-])c2n(c1C)CCN2Cc1cnc(Cl)s1. The molecule has 0 bridgehead atoms. The molecular formula is C13H15ClN4O3S. The molecule has 3 heterocycles. The first-order chi connectivity index (χ1) is 10.5. The molecule has 0 atom stereocenters. The van der Waals surface area contributed by atoms with Crippen LogP contribution in [0.1, 0.15) is 17.5 Å². The van der Waals surface area contributed by atoms with E-state index in [4.69, 9.17) is 16.3 Å². The summed E-state index contributed by atoms with van der Waals surface area (Å²) in [6, 6.07) is 0.